The fraction of sp³-hybridized carbons (Fsp3) is 0.182. The zero-order valence-electron chi connectivity index (χ0n) is 7.46. The lowest BCUT2D eigenvalue weighted by Crippen LogP contribution is -1.96. The molecule has 0 aromatic heterocycles. The molecule has 1 aromatic carbocycles. The topological polar surface area (TPSA) is 37.3 Å². The lowest BCUT2D eigenvalue weighted by molar-refractivity contribution is -0.135. The molecule has 0 heterocycles. The molecule has 14 heavy (non-hydrogen) atoms. The van der Waals surface area contributed by atoms with Crippen molar-refractivity contribution in [3.63, 3.8) is 0 Å². The van der Waals surface area contributed by atoms with E-state index in [1.807, 2.05) is 6.08 Å². The molecular formula is C11H9FO2. The Hall–Kier alpha value is -1.64. The fourth-order valence-corrected chi connectivity index (χ4v) is 1.70. The Bertz CT molecular complexity index is 421. The van der Waals surface area contributed by atoms with Crippen molar-refractivity contribution in [3.05, 3.63) is 41.2 Å². The fourth-order valence-electron chi connectivity index (χ4n) is 1.70. The lowest BCUT2D eigenvalue weighted by atomic mass is 10.0. The van der Waals surface area contributed by atoms with Gasteiger partial charge in [0.05, 0.1) is 6.42 Å². The number of hydrogen-bond acceptors (Lipinski definition) is 1. The summed E-state index contributed by atoms with van der Waals surface area (Å²) in [5, 5.41) is 8.63. The van der Waals surface area contributed by atoms with Crippen molar-refractivity contribution in [1.82, 2.24) is 0 Å². The van der Waals surface area contributed by atoms with Gasteiger partial charge in [0.1, 0.15) is 5.82 Å². The summed E-state index contributed by atoms with van der Waals surface area (Å²) >= 11 is 0. The van der Waals surface area contributed by atoms with Crippen LogP contribution in [0.25, 0.3) is 5.57 Å². The molecule has 0 radical (unpaired) electrons. The third-order valence-electron chi connectivity index (χ3n) is 2.33. The maximum atomic E-state index is 12.9. The van der Waals surface area contributed by atoms with Crippen LogP contribution in [0.1, 0.15) is 17.5 Å². The average Bonchev–Trinajstić information content (AvgIpc) is 2.47. The summed E-state index contributed by atoms with van der Waals surface area (Å²) in [6, 6.07) is 4.50. The van der Waals surface area contributed by atoms with Gasteiger partial charge in [-0.2, -0.15) is 0 Å². The summed E-state index contributed by atoms with van der Waals surface area (Å²) in [5.41, 5.74) is 2.46. The zero-order chi connectivity index (χ0) is 10.1. The molecule has 0 atom stereocenters. The molecular weight excluding hydrogens is 183 g/mol. The second-order valence-electron chi connectivity index (χ2n) is 3.31. The monoisotopic (exact) mass is 192 g/mol. The van der Waals surface area contributed by atoms with Crippen molar-refractivity contribution in [1.29, 1.82) is 0 Å². The van der Waals surface area contributed by atoms with E-state index >= 15 is 0 Å². The molecule has 1 aromatic rings. The Labute approximate surface area is 80.7 Å². The molecule has 2 nitrogen and oxygen atoms in total. The lowest BCUT2D eigenvalue weighted by Gasteiger charge is -2.02. The molecule has 2 rings (SSSR count). The van der Waals surface area contributed by atoms with Crippen LogP contribution in [0.2, 0.25) is 0 Å². The zero-order valence-corrected chi connectivity index (χ0v) is 7.46. The SMILES string of the molecule is O=C(O)CC1=CCc2ccc(F)cc21. The number of carbonyl (C=O) groups is 1. The molecule has 0 fully saturated rings. The quantitative estimate of drug-likeness (QED) is 0.780. The first-order chi connectivity index (χ1) is 6.66. The van der Waals surface area contributed by atoms with Gasteiger partial charge < -0.3 is 5.11 Å². The third kappa shape index (κ3) is 1.53. The standard InChI is InChI=1S/C11H9FO2/c12-9-4-3-7-1-2-8(5-11(13)14)10(7)6-9/h2-4,6H,1,5H2,(H,13,14). The summed E-state index contributed by atoms with van der Waals surface area (Å²) in [6.45, 7) is 0. The van der Waals surface area contributed by atoms with Gasteiger partial charge in [0.2, 0.25) is 0 Å². The molecule has 0 aliphatic heterocycles. The molecule has 0 amide bonds. The Morgan fingerprint density at radius 2 is 2.29 bits per heavy atom. The molecule has 0 bridgehead atoms. The van der Waals surface area contributed by atoms with Crippen LogP contribution < -0.4 is 0 Å². The van der Waals surface area contributed by atoms with Gasteiger partial charge in [0.25, 0.3) is 0 Å². The van der Waals surface area contributed by atoms with E-state index in [0.29, 0.717) is 12.0 Å². The van der Waals surface area contributed by atoms with E-state index in [-0.39, 0.29) is 12.2 Å². The Morgan fingerprint density at radius 3 is 3.00 bits per heavy atom. The van der Waals surface area contributed by atoms with Crippen LogP contribution in [0.15, 0.2) is 24.3 Å². The van der Waals surface area contributed by atoms with E-state index in [0.717, 1.165) is 11.1 Å². The molecule has 0 unspecified atom stereocenters. The van der Waals surface area contributed by atoms with Gasteiger partial charge in [-0.1, -0.05) is 12.1 Å². The van der Waals surface area contributed by atoms with Crippen molar-refractivity contribution in [2.75, 3.05) is 0 Å². The van der Waals surface area contributed by atoms with Crippen LogP contribution in [-0.2, 0) is 11.2 Å². The Kier molecular flexibility index (Phi) is 2.08. The van der Waals surface area contributed by atoms with Crippen molar-refractivity contribution in [3.8, 4) is 0 Å². The highest BCUT2D eigenvalue weighted by Gasteiger charge is 2.16. The van der Waals surface area contributed by atoms with Crippen LogP contribution in [-0.4, -0.2) is 11.1 Å². The Morgan fingerprint density at radius 1 is 1.50 bits per heavy atom. The van der Waals surface area contributed by atoms with E-state index in [2.05, 4.69) is 0 Å². The molecule has 72 valence electrons. The normalized spacial score (nSPS) is 13.6. The van der Waals surface area contributed by atoms with Crippen molar-refractivity contribution >= 4 is 11.5 Å². The van der Waals surface area contributed by atoms with Crippen molar-refractivity contribution in [2.24, 2.45) is 0 Å². The Balaban J connectivity index is 2.35. The van der Waals surface area contributed by atoms with Gasteiger partial charge in [-0.3, -0.25) is 4.79 Å². The van der Waals surface area contributed by atoms with Gasteiger partial charge in [0, 0.05) is 0 Å². The summed E-state index contributed by atoms with van der Waals surface area (Å²) in [6.07, 6.45) is 2.52. The first-order valence-electron chi connectivity index (χ1n) is 4.36. The van der Waals surface area contributed by atoms with Crippen LogP contribution in [0, 0.1) is 5.82 Å². The minimum atomic E-state index is -0.881. The van der Waals surface area contributed by atoms with Crippen LogP contribution in [0.5, 0.6) is 0 Å². The number of benzene rings is 1. The van der Waals surface area contributed by atoms with E-state index in [4.69, 9.17) is 5.11 Å². The number of carboxylic acid groups (broad SMARTS) is 1. The van der Waals surface area contributed by atoms with E-state index in [9.17, 15) is 9.18 Å². The highest BCUT2D eigenvalue weighted by atomic mass is 19.1. The maximum Gasteiger partial charge on any atom is 0.307 e. The summed E-state index contributed by atoms with van der Waals surface area (Å²) < 4.78 is 12.9. The molecule has 1 N–H and O–H groups in total. The smallest absolute Gasteiger partial charge is 0.307 e. The summed E-state index contributed by atoms with van der Waals surface area (Å²) in [5.74, 6) is -1.20. The van der Waals surface area contributed by atoms with Crippen molar-refractivity contribution < 1.29 is 14.3 Å². The van der Waals surface area contributed by atoms with E-state index in [1.165, 1.54) is 12.1 Å². The maximum absolute atomic E-state index is 12.9. The number of halogens is 1. The molecule has 1 aliphatic rings. The van der Waals surface area contributed by atoms with Gasteiger partial charge in [-0.05, 0) is 35.3 Å². The van der Waals surface area contributed by atoms with Crippen LogP contribution >= 0.6 is 0 Å². The second-order valence-corrected chi connectivity index (χ2v) is 3.31. The van der Waals surface area contributed by atoms with Gasteiger partial charge in [-0.25, -0.2) is 4.39 Å². The van der Waals surface area contributed by atoms with E-state index < -0.39 is 5.97 Å². The molecule has 0 saturated heterocycles. The first kappa shape index (κ1) is 8.94. The van der Waals surface area contributed by atoms with Gasteiger partial charge >= 0.3 is 5.97 Å². The molecule has 3 heteroatoms. The molecule has 1 aliphatic carbocycles. The minimum Gasteiger partial charge on any atom is -0.481 e. The number of fused-ring (bicyclic) bond motifs is 1. The summed E-state index contributed by atoms with van der Waals surface area (Å²) in [4.78, 5) is 10.5. The van der Waals surface area contributed by atoms with Crippen molar-refractivity contribution in [2.45, 2.75) is 12.8 Å². The minimum absolute atomic E-state index is 0.0313. The van der Waals surface area contributed by atoms with Gasteiger partial charge in [0.15, 0.2) is 0 Å². The molecule has 0 spiro atoms. The highest BCUT2D eigenvalue weighted by molar-refractivity contribution is 5.86. The first-order valence-corrected chi connectivity index (χ1v) is 4.36. The number of rotatable bonds is 2. The third-order valence-corrected chi connectivity index (χ3v) is 2.33. The highest BCUT2D eigenvalue weighted by Crippen LogP contribution is 2.30. The average molecular weight is 192 g/mol. The van der Waals surface area contributed by atoms with Crippen LogP contribution in [0.4, 0.5) is 4.39 Å². The summed E-state index contributed by atoms with van der Waals surface area (Å²) in [7, 11) is 0. The predicted octanol–water partition coefficient (Wildman–Crippen LogP) is 2.24. The molecule has 0 saturated carbocycles. The number of allylic oxidation sites excluding steroid dienone is 1. The second kappa shape index (κ2) is 3.25. The number of aliphatic carboxylic acids is 1. The van der Waals surface area contributed by atoms with Gasteiger partial charge in [-0.15, -0.1) is 0 Å². The van der Waals surface area contributed by atoms with Crippen LogP contribution in [0.3, 0.4) is 0 Å². The predicted molar refractivity (Wildman–Crippen MR) is 50.3 cm³/mol. The number of hydrogen-bond donors (Lipinski definition) is 1. The largest absolute Gasteiger partial charge is 0.481 e. The van der Waals surface area contributed by atoms with E-state index in [1.54, 1.807) is 6.07 Å². The number of carboxylic acids is 1.